The normalized spacial score (nSPS) is 10.5. The van der Waals surface area contributed by atoms with Gasteiger partial charge in [0.25, 0.3) is 5.56 Å². The Morgan fingerprint density at radius 2 is 2.05 bits per heavy atom. The Labute approximate surface area is 109 Å². The number of hydrogen-bond donors (Lipinski definition) is 2. The van der Waals surface area contributed by atoms with Crippen LogP contribution in [-0.2, 0) is 6.54 Å². The number of halogens is 1. The van der Waals surface area contributed by atoms with Gasteiger partial charge >= 0.3 is 7.12 Å². The maximum Gasteiger partial charge on any atom is 0.488 e. The Balaban J connectivity index is 2.38. The minimum absolute atomic E-state index is 0.0377. The molecule has 0 atom stereocenters. The topological polar surface area (TPSA) is 75.4 Å². The third-order valence-electron chi connectivity index (χ3n) is 2.61. The molecule has 2 rings (SSSR count). The number of aryl methyl sites for hydroxylation is 1. The Morgan fingerprint density at radius 1 is 1.32 bits per heavy atom. The van der Waals surface area contributed by atoms with E-state index in [0.29, 0.717) is 11.3 Å². The zero-order valence-corrected chi connectivity index (χ0v) is 10.2. The zero-order chi connectivity index (χ0) is 14.0. The molecule has 98 valence electrons. The van der Waals surface area contributed by atoms with Gasteiger partial charge in [0.05, 0.1) is 12.2 Å². The van der Waals surface area contributed by atoms with Crippen molar-refractivity contribution in [3.63, 3.8) is 0 Å². The molecule has 0 saturated carbocycles. The van der Waals surface area contributed by atoms with Gasteiger partial charge in [-0.2, -0.15) is 5.10 Å². The lowest BCUT2D eigenvalue weighted by atomic mass is 9.79. The first-order chi connectivity index (χ1) is 8.95. The van der Waals surface area contributed by atoms with Gasteiger partial charge < -0.3 is 10.0 Å². The van der Waals surface area contributed by atoms with Crippen LogP contribution in [0.25, 0.3) is 0 Å². The summed E-state index contributed by atoms with van der Waals surface area (Å²) in [6.07, 6.45) is 0. The predicted octanol–water partition coefficient (Wildman–Crippen LogP) is -0.581. The smallest absolute Gasteiger partial charge is 0.423 e. The molecule has 0 spiro atoms. The molecule has 0 unspecified atom stereocenters. The average Bonchev–Trinajstić information content (AvgIpc) is 2.33. The molecule has 19 heavy (non-hydrogen) atoms. The number of hydrogen-bond acceptors (Lipinski definition) is 4. The van der Waals surface area contributed by atoms with Crippen molar-refractivity contribution in [1.29, 1.82) is 0 Å². The molecule has 0 fully saturated rings. The number of nitrogens with zero attached hydrogens (tertiary/aromatic N) is 2. The van der Waals surface area contributed by atoms with E-state index < -0.39 is 12.9 Å². The molecule has 1 aromatic carbocycles. The van der Waals surface area contributed by atoms with Gasteiger partial charge in [0, 0.05) is 6.07 Å². The first-order valence-corrected chi connectivity index (χ1v) is 5.66. The molecule has 0 aliphatic rings. The predicted molar refractivity (Wildman–Crippen MR) is 68.6 cm³/mol. The Hall–Kier alpha value is -1.99. The zero-order valence-electron chi connectivity index (χ0n) is 10.2. The van der Waals surface area contributed by atoms with Gasteiger partial charge in [-0.3, -0.25) is 4.79 Å². The van der Waals surface area contributed by atoms with E-state index in [-0.39, 0.29) is 17.6 Å². The van der Waals surface area contributed by atoms with Gasteiger partial charge in [-0.05, 0) is 36.1 Å². The van der Waals surface area contributed by atoms with Crippen LogP contribution in [0.4, 0.5) is 4.39 Å². The van der Waals surface area contributed by atoms with Crippen LogP contribution in [0.15, 0.2) is 35.1 Å². The summed E-state index contributed by atoms with van der Waals surface area (Å²) in [4.78, 5) is 11.6. The Morgan fingerprint density at radius 3 is 2.74 bits per heavy atom. The van der Waals surface area contributed by atoms with Crippen molar-refractivity contribution in [2.24, 2.45) is 0 Å². The molecule has 0 aliphatic carbocycles. The maximum atomic E-state index is 13.3. The quantitative estimate of drug-likeness (QED) is 0.725. The highest BCUT2D eigenvalue weighted by Gasteiger charge is 2.13. The van der Waals surface area contributed by atoms with Crippen molar-refractivity contribution in [3.05, 3.63) is 57.8 Å². The van der Waals surface area contributed by atoms with Crippen LogP contribution in [0.3, 0.4) is 0 Å². The molecular weight excluding hydrogens is 250 g/mol. The number of aromatic nitrogens is 2. The molecule has 2 N–H and O–H groups in total. The fourth-order valence-corrected chi connectivity index (χ4v) is 1.75. The van der Waals surface area contributed by atoms with Gasteiger partial charge in [0.2, 0.25) is 0 Å². The lowest BCUT2D eigenvalue weighted by Crippen LogP contribution is -2.31. The SMILES string of the molecule is Cc1ccc(=O)n(Cc2cc(F)cc(B(O)O)c2)n1. The van der Waals surface area contributed by atoms with E-state index >= 15 is 0 Å². The third-order valence-corrected chi connectivity index (χ3v) is 2.61. The monoisotopic (exact) mass is 262 g/mol. The lowest BCUT2D eigenvalue weighted by molar-refractivity contribution is 0.425. The van der Waals surface area contributed by atoms with Crippen LogP contribution in [0.2, 0.25) is 0 Å². The highest BCUT2D eigenvalue weighted by atomic mass is 19.1. The second-order valence-corrected chi connectivity index (χ2v) is 4.24. The molecule has 1 aromatic heterocycles. The Kier molecular flexibility index (Phi) is 3.78. The third kappa shape index (κ3) is 3.27. The van der Waals surface area contributed by atoms with Crippen LogP contribution in [0.1, 0.15) is 11.3 Å². The van der Waals surface area contributed by atoms with E-state index in [9.17, 15) is 9.18 Å². The summed E-state index contributed by atoms with van der Waals surface area (Å²) in [5, 5.41) is 22.1. The highest BCUT2D eigenvalue weighted by Crippen LogP contribution is 2.03. The summed E-state index contributed by atoms with van der Waals surface area (Å²) in [6, 6.07) is 6.64. The summed E-state index contributed by atoms with van der Waals surface area (Å²) < 4.78 is 14.5. The fraction of sp³-hybridized carbons (Fsp3) is 0.167. The van der Waals surface area contributed by atoms with Crippen LogP contribution in [0, 0.1) is 12.7 Å². The van der Waals surface area contributed by atoms with E-state index in [0.717, 1.165) is 6.07 Å². The van der Waals surface area contributed by atoms with E-state index in [4.69, 9.17) is 10.0 Å². The summed E-state index contributed by atoms with van der Waals surface area (Å²) in [5.74, 6) is -0.596. The molecule has 0 saturated heterocycles. The van der Waals surface area contributed by atoms with E-state index in [1.165, 1.54) is 22.9 Å². The average molecular weight is 262 g/mol. The van der Waals surface area contributed by atoms with Crippen LogP contribution < -0.4 is 11.0 Å². The molecule has 0 aliphatic heterocycles. The lowest BCUT2D eigenvalue weighted by Gasteiger charge is -2.08. The van der Waals surface area contributed by atoms with Gasteiger partial charge in [0.1, 0.15) is 5.82 Å². The second-order valence-electron chi connectivity index (χ2n) is 4.24. The summed E-state index contributed by atoms with van der Waals surface area (Å²) >= 11 is 0. The van der Waals surface area contributed by atoms with E-state index in [1.807, 2.05) is 0 Å². The van der Waals surface area contributed by atoms with Crippen LogP contribution >= 0.6 is 0 Å². The molecule has 1 heterocycles. The van der Waals surface area contributed by atoms with Gasteiger partial charge in [-0.15, -0.1) is 0 Å². The minimum atomic E-state index is -1.75. The first kappa shape index (κ1) is 13.4. The van der Waals surface area contributed by atoms with Crippen LogP contribution in [-0.4, -0.2) is 26.9 Å². The standard InChI is InChI=1S/C12H12BFN2O3/c1-8-2-3-12(17)16(15-8)7-9-4-10(13(18)19)6-11(14)5-9/h2-6,18-19H,7H2,1H3. The van der Waals surface area contributed by atoms with E-state index in [1.54, 1.807) is 13.0 Å². The largest absolute Gasteiger partial charge is 0.488 e. The van der Waals surface area contributed by atoms with Crippen molar-refractivity contribution in [3.8, 4) is 0 Å². The van der Waals surface area contributed by atoms with Gasteiger partial charge in [-0.1, -0.05) is 6.07 Å². The summed E-state index contributed by atoms with van der Waals surface area (Å²) in [5.41, 5.74) is 0.832. The molecule has 2 aromatic rings. The Bertz CT molecular complexity index is 658. The summed E-state index contributed by atoms with van der Waals surface area (Å²) in [6.45, 7) is 1.81. The van der Waals surface area contributed by atoms with Crippen molar-refractivity contribution < 1.29 is 14.4 Å². The molecule has 0 amide bonds. The molecule has 0 radical (unpaired) electrons. The fourth-order valence-electron chi connectivity index (χ4n) is 1.75. The van der Waals surface area contributed by atoms with Gasteiger partial charge in [0.15, 0.2) is 0 Å². The number of rotatable bonds is 3. The first-order valence-electron chi connectivity index (χ1n) is 5.66. The highest BCUT2D eigenvalue weighted by molar-refractivity contribution is 6.58. The molecule has 7 heteroatoms. The molecular formula is C12H12BFN2O3. The molecule has 0 bridgehead atoms. The van der Waals surface area contributed by atoms with E-state index in [2.05, 4.69) is 5.10 Å². The van der Waals surface area contributed by atoms with Crippen molar-refractivity contribution >= 4 is 12.6 Å². The summed E-state index contributed by atoms with van der Waals surface area (Å²) in [7, 11) is -1.75. The van der Waals surface area contributed by atoms with Gasteiger partial charge in [-0.25, -0.2) is 9.07 Å². The number of benzene rings is 1. The second kappa shape index (κ2) is 5.33. The molecule has 5 nitrogen and oxygen atoms in total. The van der Waals surface area contributed by atoms with Crippen molar-refractivity contribution in [1.82, 2.24) is 9.78 Å². The van der Waals surface area contributed by atoms with Crippen molar-refractivity contribution in [2.45, 2.75) is 13.5 Å². The minimum Gasteiger partial charge on any atom is -0.423 e. The maximum absolute atomic E-state index is 13.3. The van der Waals surface area contributed by atoms with Crippen LogP contribution in [0.5, 0.6) is 0 Å². The van der Waals surface area contributed by atoms with Crippen molar-refractivity contribution in [2.75, 3.05) is 0 Å².